The first kappa shape index (κ1) is 6.43. The van der Waals surface area contributed by atoms with Crippen LogP contribution in [0.1, 0.15) is 6.42 Å². The fourth-order valence-electron chi connectivity index (χ4n) is 0.163. The van der Waals surface area contributed by atoms with Gasteiger partial charge in [0.25, 0.3) is 0 Å². The van der Waals surface area contributed by atoms with Gasteiger partial charge in [-0.3, -0.25) is 4.79 Å². The van der Waals surface area contributed by atoms with Crippen molar-refractivity contribution in [3.8, 4) is 0 Å². The highest BCUT2D eigenvalue weighted by molar-refractivity contribution is 5.69. The summed E-state index contributed by atoms with van der Waals surface area (Å²) in [6.45, 7) is -0.172. The third kappa shape index (κ3) is 3.26. The van der Waals surface area contributed by atoms with E-state index in [9.17, 15) is 4.79 Å². The summed E-state index contributed by atoms with van der Waals surface area (Å²) >= 11 is 0. The van der Waals surface area contributed by atoms with Gasteiger partial charge in [-0.15, -0.1) is 0 Å². The number of hydrogen-bond acceptors (Lipinski definition) is 3. The van der Waals surface area contributed by atoms with E-state index in [-0.39, 0.29) is 13.0 Å². The van der Waals surface area contributed by atoms with Crippen molar-refractivity contribution in [2.45, 2.75) is 6.42 Å². The second-order valence-corrected chi connectivity index (χ2v) is 0.990. The molecule has 0 saturated carbocycles. The standard InChI is InChI=1S/C4H7O3/c1-7-4(6)2-3-5/h5H,1-3H2. The Bertz CT molecular complexity index is 60.0. The summed E-state index contributed by atoms with van der Waals surface area (Å²) in [5, 5.41) is 8.04. The van der Waals surface area contributed by atoms with E-state index in [1.807, 2.05) is 0 Å². The average molecular weight is 103 g/mol. The van der Waals surface area contributed by atoms with E-state index in [4.69, 9.17) is 5.11 Å². The van der Waals surface area contributed by atoms with Crippen molar-refractivity contribution in [2.75, 3.05) is 6.61 Å². The van der Waals surface area contributed by atoms with Gasteiger partial charge in [0.05, 0.1) is 13.0 Å². The number of hydrogen-bond donors (Lipinski definition) is 1. The number of carbonyl (C=O) groups excluding carboxylic acids is 1. The van der Waals surface area contributed by atoms with Crippen LogP contribution in [0.3, 0.4) is 0 Å². The van der Waals surface area contributed by atoms with Crippen LogP contribution in [0, 0.1) is 7.11 Å². The molecular formula is C4H7O3. The van der Waals surface area contributed by atoms with Gasteiger partial charge in [-0.2, -0.15) is 0 Å². The van der Waals surface area contributed by atoms with Gasteiger partial charge in [0, 0.05) is 0 Å². The number of ether oxygens (including phenoxy) is 1. The third-order valence-corrected chi connectivity index (χ3v) is 0.477. The molecule has 0 aliphatic carbocycles. The highest BCUT2D eigenvalue weighted by Gasteiger charge is 1.93. The van der Waals surface area contributed by atoms with Crippen molar-refractivity contribution in [2.24, 2.45) is 0 Å². The summed E-state index contributed by atoms with van der Waals surface area (Å²) in [6, 6.07) is 0. The van der Waals surface area contributed by atoms with Crippen molar-refractivity contribution >= 4 is 5.97 Å². The molecular weight excluding hydrogens is 96.0 g/mol. The lowest BCUT2D eigenvalue weighted by molar-refractivity contribution is -0.139. The van der Waals surface area contributed by atoms with E-state index >= 15 is 0 Å². The zero-order valence-corrected chi connectivity index (χ0v) is 3.89. The Labute approximate surface area is 41.9 Å². The number of rotatable bonds is 2. The van der Waals surface area contributed by atoms with E-state index in [0.717, 1.165) is 0 Å². The molecule has 0 bridgehead atoms. The Hall–Kier alpha value is -0.570. The molecule has 0 amide bonds. The first-order chi connectivity index (χ1) is 3.31. The smallest absolute Gasteiger partial charge is 0.308 e. The van der Waals surface area contributed by atoms with Crippen LogP contribution in [-0.4, -0.2) is 17.7 Å². The van der Waals surface area contributed by atoms with Crippen molar-refractivity contribution in [1.82, 2.24) is 0 Å². The van der Waals surface area contributed by atoms with E-state index in [1.165, 1.54) is 0 Å². The van der Waals surface area contributed by atoms with Crippen LogP contribution in [0.2, 0.25) is 0 Å². The van der Waals surface area contributed by atoms with Gasteiger partial charge in [-0.25, -0.2) is 0 Å². The molecule has 0 rings (SSSR count). The lowest BCUT2D eigenvalue weighted by Crippen LogP contribution is -2.00. The lowest BCUT2D eigenvalue weighted by Gasteiger charge is -1.90. The van der Waals surface area contributed by atoms with Crippen LogP contribution < -0.4 is 0 Å². The summed E-state index contributed by atoms with van der Waals surface area (Å²) in [6.07, 6.45) is 0.0312. The van der Waals surface area contributed by atoms with E-state index in [1.54, 1.807) is 0 Å². The molecule has 3 nitrogen and oxygen atoms in total. The molecule has 3 heteroatoms. The Morgan fingerprint density at radius 2 is 2.43 bits per heavy atom. The maximum absolute atomic E-state index is 9.97. The molecule has 0 spiro atoms. The molecule has 7 heavy (non-hydrogen) atoms. The molecule has 0 aromatic carbocycles. The van der Waals surface area contributed by atoms with Crippen LogP contribution in [0.15, 0.2) is 0 Å². The van der Waals surface area contributed by atoms with Crippen LogP contribution in [0.4, 0.5) is 0 Å². The van der Waals surface area contributed by atoms with Crippen molar-refractivity contribution < 1.29 is 14.6 Å². The Kier molecular flexibility index (Phi) is 3.32. The second-order valence-electron chi connectivity index (χ2n) is 0.990. The highest BCUT2D eigenvalue weighted by Crippen LogP contribution is 1.79. The van der Waals surface area contributed by atoms with Crippen molar-refractivity contribution in [3.05, 3.63) is 7.11 Å². The van der Waals surface area contributed by atoms with Crippen LogP contribution in [-0.2, 0) is 9.53 Å². The van der Waals surface area contributed by atoms with Crippen LogP contribution in [0.5, 0.6) is 0 Å². The minimum absolute atomic E-state index is 0.0312. The normalized spacial score (nSPS) is 8.29. The van der Waals surface area contributed by atoms with Crippen LogP contribution in [0.25, 0.3) is 0 Å². The predicted octanol–water partition coefficient (Wildman–Crippen LogP) is -0.296. The maximum Gasteiger partial charge on any atom is 0.308 e. The van der Waals surface area contributed by atoms with Crippen LogP contribution >= 0.6 is 0 Å². The summed E-state index contributed by atoms with van der Waals surface area (Å²) in [5.74, 6) is -0.484. The minimum Gasteiger partial charge on any atom is -0.462 e. The zero-order chi connectivity index (χ0) is 5.70. The molecule has 0 aliphatic rings. The molecule has 0 unspecified atom stereocenters. The zero-order valence-electron chi connectivity index (χ0n) is 3.89. The van der Waals surface area contributed by atoms with Gasteiger partial charge in [-0.1, -0.05) is 0 Å². The third-order valence-electron chi connectivity index (χ3n) is 0.477. The fraction of sp³-hybridized carbons (Fsp3) is 0.500. The maximum atomic E-state index is 9.97. The number of carbonyl (C=O) groups is 1. The second kappa shape index (κ2) is 3.61. The monoisotopic (exact) mass is 103 g/mol. The topological polar surface area (TPSA) is 46.5 Å². The van der Waals surface area contributed by atoms with E-state index < -0.39 is 5.97 Å². The molecule has 1 N–H and O–H groups in total. The number of aliphatic hydroxyl groups is 1. The molecule has 41 valence electrons. The first-order valence-corrected chi connectivity index (χ1v) is 1.87. The summed E-state index contributed by atoms with van der Waals surface area (Å²) in [5.41, 5.74) is 0. The first-order valence-electron chi connectivity index (χ1n) is 1.87. The van der Waals surface area contributed by atoms with Gasteiger partial charge in [0.15, 0.2) is 0 Å². The van der Waals surface area contributed by atoms with Gasteiger partial charge in [-0.05, 0) is 0 Å². The summed E-state index contributed by atoms with van der Waals surface area (Å²) in [7, 11) is 2.84. The molecule has 0 aliphatic heterocycles. The van der Waals surface area contributed by atoms with Gasteiger partial charge < -0.3 is 9.84 Å². The Morgan fingerprint density at radius 1 is 1.86 bits per heavy atom. The van der Waals surface area contributed by atoms with Gasteiger partial charge in [0.2, 0.25) is 0 Å². The Morgan fingerprint density at radius 3 is 2.57 bits per heavy atom. The molecule has 0 fully saturated rings. The molecule has 0 atom stereocenters. The van der Waals surface area contributed by atoms with Crippen molar-refractivity contribution in [1.29, 1.82) is 0 Å². The van der Waals surface area contributed by atoms with E-state index in [0.29, 0.717) is 0 Å². The lowest BCUT2D eigenvalue weighted by atomic mass is 10.5. The SMILES string of the molecule is [CH2]OC(=O)CCO. The van der Waals surface area contributed by atoms with Gasteiger partial charge >= 0.3 is 5.97 Å². The summed E-state index contributed by atoms with van der Waals surface area (Å²) in [4.78, 5) is 9.97. The summed E-state index contributed by atoms with van der Waals surface area (Å²) < 4.78 is 3.94. The Balaban J connectivity index is 3.00. The molecule has 0 aromatic heterocycles. The van der Waals surface area contributed by atoms with E-state index in [2.05, 4.69) is 11.8 Å². The largest absolute Gasteiger partial charge is 0.462 e. The average Bonchev–Trinajstić information content (AvgIpc) is 1.68. The molecule has 0 saturated heterocycles. The number of aliphatic hydroxyl groups excluding tert-OH is 1. The molecule has 0 heterocycles. The quantitative estimate of drug-likeness (QED) is 0.488. The molecule has 0 aromatic rings. The molecule has 1 radical (unpaired) electrons. The highest BCUT2D eigenvalue weighted by atomic mass is 16.5. The van der Waals surface area contributed by atoms with Crippen molar-refractivity contribution in [3.63, 3.8) is 0 Å². The van der Waals surface area contributed by atoms with Gasteiger partial charge in [0.1, 0.15) is 7.11 Å². The minimum atomic E-state index is -0.484. The number of esters is 1. The fourth-order valence-corrected chi connectivity index (χ4v) is 0.163. The predicted molar refractivity (Wildman–Crippen MR) is 23.2 cm³/mol.